The zero-order valence-electron chi connectivity index (χ0n) is 56.7. The number of aromatic hydroxyl groups is 3. The summed E-state index contributed by atoms with van der Waals surface area (Å²) >= 11 is 0. The zero-order valence-corrected chi connectivity index (χ0v) is 56.7. The molecule has 0 unspecified atom stereocenters. The molecule has 0 amide bonds. The highest BCUT2D eigenvalue weighted by Crippen LogP contribution is 2.30. The molecule has 0 spiro atoms. The van der Waals surface area contributed by atoms with Crippen molar-refractivity contribution in [2.45, 2.75) is 292 Å². The smallest absolute Gasteiger partial charge is 0.254 e. The van der Waals surface area contributed by atoms with Gasteiger partial charge in [-0.15, -0.1) is 0 Å². The first-order chi connectivity index (χ1) is 43.1. The number of phenolic OH excluding ortho intramolecular Hbond substituents is 3. The van der Waals surface area contributed by atoms with Crippen LogP contribution in [-0.4, -0.2) is 46.9 Å². The Hall–Kier alpha value is -6.90. The van der Waals surface area contributed by atoms with Gasteiger partial charge in [0, 0.05) is 51.3 Å². The largest absolute Gasteiger partial charge is 0.550 e. The first kappa shape index (κ1) is 75.6. The Morgan fingerprint density at radius 2 is 0.622 bits per heavy atom. The highest BCUT2D eigenvalue weighted by molar-refractivity contribution is 5.61. The van der Waals surface area contributed by atoms with E-state index in [9.17, 15) is 15.3 Å². The number of aryl methyl sites for hydroxylation is 6. The molecular formula is C75H114N6O9. The number of carboxylic acid groups (broad SMARTS) is 3. The SMILES string of the molecule is CC(=O)[O-].CC(=O)[O-].CC(=O)[O-].Cc1cc(O)cc(C)c1-n1cc[n+](-c2c(C)cc(O)cc2C)c1.Cc1cc(O)cc(C)c1-n1cc[n+](C2CCCCCCCCCCC2)c1.c1c[n+](C2CCCCCCCCCCC2)cn1C1CCCCCCCCCCC1. The van der Waals surface area contributed by atoms with Gasteiger partial charge in [0.05, 0.1) is 0 Å². The molecule has 15 heteroatoms. The third-order valence-electron chi connectivity index (χ3n) is 17.7. The number of carbonyl (C=O) groups excluding carboxylic acids is 3. The number of hydrogen-bond donors (Lipinski definition) is 3. The number of carboxylic acids is 3. The van der Waals surface area contributed by atoms with Crippen molar-refractivity contribution in [3.8, 4) is 34.3 Å². The molecule has 3 fully saturated rings. The van der Waals surface area contributed by atoms with Crippen molar-refractivity contribution in [3.63, 3.8) is 0 Å². The van der Waals surface area contributed by atoms with E-state index in [-0.39, 0.29) is 11.5 Å². The fraction of sp³-hybridized carbons (Fsp3) is 0.600. The number of hydrogen-bond acceptors (Lipinski definition) is 9. The van der Waals surface area contributed by atoms with E-state index >= 15 is 0 Å². The van der Waals surface area contributed by atoms with Gasteiger partial charge in [0.2, 0.25) is 12.7 Å². The number of benzene rings is 3. The Kier molecular flexibility index (Phi) is 35.4. The molecule has 498 valence electrons. The van der Waals surface area contributed by atoms with E-state index in [4.69, 9.17) is 29.7 Å². The van der Waals surface area contributed by atoms with E-state index in [1.807, 2.05) is 58.5 Å². The second kappa shape index (κ2) is 42.2. The van der Waals surface area contributed by atoms with Crippen molar-refractivity contribution in [3.05, 3.63) is 126 Å². The van der Waals surface area contributed by atoms with Crippen LogP contribution in [0.1, 0.15) is 284 Å². The standard InChI is InChI=1S/C27H49N2.C23H34N2O.C19H20N2O2.3C2H4O2/c1-3-7-11-15-19-26(20-16-12-8-4-1)28-23-24-29(25-28)27-21-17-13-9-5-2-6-10-14-18-22-27;1-19-16-22(26)17-20(2)23(19)25-15-14-24(18-25)21-12-10-8-6-4-3-5-7-9-11-13-21;1-12-7-16(22)8-13(2)18(12)20-5-6-21(11-20)19-14(3)9-17(23)10-15(19)4;3*1-2(3)4/h23-27H,1-22H2;14-18,21H,3-13H2,1-2H3;5-11H,1-4H3,(H-,22,23);3*1H3,(H,3,4)/q+1;;;;;/p-1. The highest BCUT2D eigenvalue weighted by Gasteiger charge is 2.24. The van der Waals surface area contributed by atoms with Crippen molar-refractivity contribution in [1.82, 2.24) is 13.7 Å². The van der Waals surface area contributed by atoms with E-state index < -0.39 is 17.9 Å². The average Bonchev–Trinajstić information content (AvgIpc) is 1.84. The molecule has 15 nitrogen and oxygen atoms in total. The summed E-state index contributed by atoms with van der Waals surface area (Å²) in [4.78, 5) is 26.7. The maximum Gasteiger partial charge on any atom is 0.254 e. The van der Waals surface area contributed by atoms with E-state index in [1.54, 1.807) is 24.3 Å². The molecule has 3 saturated carbocycles. The summed E-state index contributed by atoms with van der Waals surface area (Å²) in [6.07, 6.45) is 66.8. The summed E-state index contributed by atoms with van der Waals surface area (Å²) in [5.74, 6) is -2.33. The fourth-order valence-electron chi connectivity index (χ4n) is 13.5. The molecule has 0 atom stereocenters. The predicted molar refractivity (Wildman–Crippen MR) is 353 cm³/mol. The normalized spacial score (nSPS) is 16.6. The minimum Gasteiger partial charge on any atom is -0.550 e. The van der Waals surface area contributed by atoms with Crippen molar-refractivity contribution < 1.29 is 58.7 Å². The summed E-state index contributed by atoms with van der Waals surface area (Å²) in [5, 5.41) is 55.9. The van der Waals surface area contributed by atoms with Gasteiger partial charge in [-0.3, -0.25) is 0 Å². The Bertz CT molecular complexity index is 2770. The van der Waals surface area contributed by atoms with Gasteiger partial charge in [-0.1, -0.05) is 135 Å². The highest BCUT2D eigenvalue weighted by atomic mass is 16.4. The van der Waals surface area contributed by atoms with Crippen LogP contribution in [0.4, 0.5) is 0 Å². The number of aliphatic carboxylic acids is 3. The lowest BCUT2D eigenvalue weighted by atomic mass is 9.97. The lowest BCUT2D eigenvalue weighted by Crippen LogP contribution is -2.37. The van der Waals surface area contributed by atoms with Gasteiger partial charge in [-0.2, -0.15) is 0 Å². The van der Waals surface area contributed by atoms with Crippen molar-refractivity contribution in [1.29, 1.82) is 0 Å². The van der Waals surface area contributed by atoms with Gasteiger partial charge in [-0.25, -0.2) is 27.4 Å². The van der Waals surface area contributed by atoms with Gasteiger partial charge in [0.25, 0.3) is 6.33 Å². The maximum absolute atomic E-state index is 9.81. The van der Waals surface area contributed by atoms with Crippen LogP contribution in [-0.2, 0) is 14.4 Å². The Labute approximate surface area is 540 Å². The van der Waals surface area contributed by atoms with Gasteiger partial charge in [-0.05, 0) is 176 Å². The first-order valence-corrected chi connectivity index (χ1v) is 34.4. The molecule has 0 bridgehead atoms. The molecular weight excluding hydrogens is 1130 g/mol. The summed E-state index contributed by atoms with van der Waals surface area (Å²) in [5.41, 5.74) is 9.62. The number of rotatable bonds is 6. The Morgan fingerprint density at radius 1 is 0.367 bits per heavy atom. The quantitative estimate of drug-likeness (QED) is 0.135. The lowest BCUT2D eigenvalue weighted by molar-refractivity contribution is -0.724. The van der Waals surface area contributed by atoms with Crippen LogP contribution < -0.4 is 29.0 Å². The zero-order chi connectivity index (χ0) is 65.8. The molecule has 90 heavy (non-hydrogen) atoms. The topological polar surface area (TPSA) is 208 Å². The van der Waals surface area contributed by atoms with Crippen molar-refractivity contribution >= 4 is 17.9 Å². The summed E-state index contributed by atoms with van der Waals surface area (Å²) in [7, 11) is 0. The molecule has 0 saturated heterocycles. The van der Waals surface area contributed by atoms with Crippen LogP contribution in [0.3, 0.4) is 0 Å². The minimum absolute atomic E-state index is 0.286. The molecule has 6 aromatic rings. The second-order valence-electron chi connectivity index (χ2n) is 25.8. The van der Waals surface area contributed by atoms with Crippen LogP contribution in [0.15, 0.2) is 92.6 Å². The summed E-state index contributed by atoms with van der Waals surface area (Å²) in [6.45, 7) is 15.0. The molecule has 3 aliphatic carbocycles. The Balaban J connectivity index is 0.000000265. The molecule has 3 aliphatic rings. The molecule has 9 rings (SSSR count). The van der Waals surface area contributed by atoms with Crippen LogP contribution in [0.25, 0.3) is 17.1 Å². The molecule has 0 radical (unpaired) electrons. The van der Waals surface area contributed by atoms with Gasteiger partial charge in [0.15, 0.2) is 0 Å². The fourth-order valence-corrected chi connectivity index (χ4v) is 13.5. The molecule has 3 aromatic heterocycles. The molecule has 3 N–H and O–H groups in total. The molecule has 0 aliphatic heterocycles. The number of phenols is 3. The van der Waals surface area contributed by atoms with E-state index in [0.29, 0.717) is 11.8 Å². The number of aromatic nitrogens is 6. The van der Waals surface area contributed by atoms with Gasteiger partial charge in [0.1, 0.15) is 89.6 Å². The third kappa shape index (κ3) is 28.9. The van der Waals surface area contributed by atoms with Crippen molar-refractivity contribution in [2.24, 2.45) is 0 Å². The third-order valence-corrected chi connectivity index (χ3v) is 17.7. The molecule has 3 aromatic carbocycles. The summed E-state index contributed by atoms with van der Waals surface area (Å²) < 4.78 is 14.0. The van der Waals surface area contributed by atoms with Gasteiger partial charge < -0.3 is 45.0 Å². The lowest BCUT2D eigenvalue weighted by Gasteiger charge is -2.17. The van der Waals surface area contributed by atoms with Crippen LogP contribution in [0.2, 0.25) is 0 Å². The number of nitrogens with zero attached hydrogens (tertiary/aromatic N) is 6. The van der Waals surface area contributed by atoms with E-state index in [2.05, 4.69) is 78.7 Å². The van der Waals surface area contributed by atoms with Crippen LogP contribution in [0, 0.1) is 41.5 Å². The number of imidazole rings is 3. The predicted octanol–water partition coefficient (Wildman–Crippen LogP) is 14.1. The van der Waals surface area contributed by atoms with Crippen molar-refractivity contribution in [2.75, 3.05) is 0 Å². The number of carbonyl (C=O) groups is 3. The monoisotopic (exact) mass is 1240 g/mol. The van der Waals surface area contributed by atoms with E-state index in [0.717, 1.165) is 77.6 Å². The average molecular weight is 1240 g/mol. The second-order valence-corrected chi connectivity index (χ2v) is 25.8. The van der Waals surface area contributed by atoms with E-state index in [1.165, 1.54) is 218 Å². The Morgan fingerprint density at radius 3 is 0.956 bits per heavy atom. The van der Waals surface area contributed by atoms with Gasteiger partial charge >= 0.3 is 0 Å². The van der Waals surface area contributed by atoms with Crippen LogP contribution in [0.5, 0.6) is 17.2 Å². The molecule has 3 heterocycles. The first-order valence-electron chi connectivity index (χ1n) is 34.4. The van der Waals surface area contributed by atoms with Crippen LogP contribution >= 0.6 is 0 Å². The maximum atomic E-state index is 9.81. The summed E-state index contributed by atoms with van der Waals surface area (Å²) in [6, 6.07) is 12.9. The minimum atomic E-state index is -1.08.